The Morgan fingerprint density at radius 2 is 1.41 bits per heavy atom. The van der Waals surface area contributed by atoms with Crippen LogP contribution in [0, 0.1) is 5.92 Å². The third-order valence-corrected chi connectivity index (χ3v) is 6.51. The topological polar surface area (TPSA) is 46.0 Å². The van der Waals surface area contributed by atoms with Crippen LogP contribution < -0.4 is 5.32 Å². The lowest BCUT2D eigenvalue weighted by molar-refractivity contribution is -0.143. The summed E-state index contributed by atoms with van der Waals surface area (Å²) in [5.41, 5.74) is 0.176. The number of para-hydroxylation sites is 1. The minimum absolute atomic E-state index is 0.0744. The number of hydrogen-bond acceptors (Lipinski definition) is 4. The minimum atomic E-state index is -4.99. The summed E-state index contributed by atoms with van der Waals surface area (Å²) in [6, 6.07) is 6.87. The lowest BCUT2D eigenvalue weighted by Gasteiger charge is -2.30. The van der Waals surface area contributed by atoms with E-state index in [-0.39, 0.29) is 36.3 Å². The number of anilines is 1. The molecule has 212 valence electrons. The average molecular weight is 554 g/mol. The van der Waals surface area contributed by atoms with Gasteiger partial charge in [0.1, 0.15) is 0 Å². The SMILES string of the molecule is C/C=C\C(C)C(Nc1c(C(C)C)cccc1C(C)C)C1=NC(c2cc(C(F)(F)F)cc(C(F)(F)F)c2)=NOC1. The molecule has 2 aromatic rings. The van der Waals surface area contributed by atoms with Gasteiger partial charge in [-0.05, 0) is 54.0 Å². The van der Waals surface area contributed by atoms with Gasteiger partial charge >= 0.3 is 12.4 Å². The van der Waals surface area contributed by atoms with E-state index in [1.807, 2.05) is 44.2 Å². The number of aliphatic imine (C=N–C) groups is 1. The molecule has 0 saturated carbocycles. The van der Waals surface area contributed by atoms with E-state index in [4.69, 9.17) is 4.84 Å². The van der Waals surface area contributed by atoms with E-state index in [2.05, 4.69) is 43.2 Å². The Hall–Kier alpha value is -3.30. The Labute approximate surface area is 224 Å². The second-order valence-corrected chi connectivity index (χ2v) is 10.2. The van der Waals surface area contributed by atoms with E-state index in [0.717, 1.165) is 16.8 Å². The molecule has 0 bridgehead atoms. The molecule has 0 spiro atoms. The van der Waals surface area contributed by atoms with Crippen LogP contribution in [-0.2, 0) is 17.2 Å². The van der Waals surface area contributed by atoms with Crippen molar-refractivity contribution >= 4 is 17.2 Å². The van der Waals surface area contributed by atoms with Gasteiger partial charge in [-0.15, -0.1) is 0 Å². The molecule has 2 atom stereocenters. The zero-order chi connectivity index (χ0) is 29.1. The Morgan fingerprint density at radius 3 is 1.87 bits per heavy atom. The van der Waals surface area contributed by atoms with Crippen molar-refractivity contribution in [2.45, 2.75) is 71.8 Å². The Bertz CT molecular complexity index is 1200. The van der Waals surface area contributed by atoms with Gasteiger partial charge < -0.3 is 10.2 Å². The number of halogens is 6. The molecule has 0 aliphatic carbocycles. The summed E-state index contributed by atoms with van der Waals surface area (Å²) in [7, 11) is 0. The maximum absolute atomic E-state index is 13.5. The molecule has 2 unspecified atom stereocenters. The van der Waals surface area contributed by atoms with Gasteiger partial charge in [0, 0.05) is 11.3 Å². The van der Waals surface area contributed by atoms with Gasteiger partial charge in [0.15, 0.2) is 12.4 Å². The van der Waals surface area contributed by atoms with Gasteiger partial charge in [-0.25, -0.2) is 4.99 Å². The number of hydrogen-bond donors (Lipinski definition) is 1. The van der Waals surface area contributed by atoms with Gasteiger partial charge in [0.25, 0.3) is 0 Å². The first-order valence-corrected chi connectivity index (χ1v) is 12.7. The number of alkyl halides is 6. The summed E-state index contributed by atoms with van der Waals surface area (Å²) in [5.74, 6) is -0.120. The third kappa shape index (κ3) is 7.22. The maximum Gasteiger partial charge on any atom is 0.416 e. The number of allylic oxidation sites excluding steroid dienone is 1. The molecular formula is C29H33F6N3O. The number of nitrogens with one attached hydrogen (secondary N) is 1. The molecule has 1 N–H and O–H groups in total. The highest BCUT2D eigenvalue weighted by atomic mass is 19.4. The zero-order valence-electron chi connectivity index (χ0n) is 22.7. The quantitative estimate of drug-likeness (QED) is 0.262. The second kappa shape index (κ2) is 11.8. The Balaban J connectivity index is 2.14. The summed E-state index contributed by atoms with van der Waals surface area (Å²) < 4.78 is 80.7. The summed E-state index contributed by atoms with van der Waals surface area (Å²) in [5, 5.41) is 7.33. The second-order valence-electron chi connectivity index (χ2n) is 10.2. The van der Waals surface area contributed by atoms with Crippen LogP contribution in [0.2, 0.25) is 0 Å². The van der Waals surface area contributed by atoms with Crippen LogP contribution in [0.25, 0.3) is 0 Å². The number of rotatable bonds is 8. The monoisotopic (exact) mass is 553 g/mol. The predicted octanol–water partition coefficient (Wildman–Crippen LogP) is 8.80. The maximum atomic E-state index is 13.5. The molecule has 1 heterocycles. The Kier molecular flexibility index (Phi) is 9.18. The van der Waals surface area contributed by atoms with Crippen molar-refractivity contribution in [2.75, 3.05) is 11.9 Å². The summed E-state index contributed by atoms with van der Waals surface area (Å²) in [6.07, 6.45) is -6.16. The normalized spacial score (nSPS) is 16.3. The first-order valence-electron chi connectivity index (χ1n) is 12.7. The molecule has 2 aromatic carbocycles. The van der Waals surface area contributed by atoms with Gasteiger partial charge in [-0.2, -0.15) is 26.3 Å². The molecule has 0 aromatic heterocycles. The van der Waals surface area contributed by atoms with Crippen molar-refractivity contribution < 1.29 is 31.2 Å². The highest BCUT2D eigenvalue weighted by Gasteiger charge is 2.38. The number of benzene rings is 2. The molecule has 0 saturated heterocycles. The van der Waals surface area contributed by atoms with E-state index in [9.17, 15) is 26.3 Å². The van der Waals surface area contributed by atoms with E-state index >= 15 is 0 Å². The van der Waals surface area contributed by atoms with Crippen LogP contribution in [0.5, 0.6) is 0 Å². The first kappa shape index (κ1) is 30.2. The minimum Gasteiger partial charge on any atom is -0.388 e. The van der Waals surface area contributed by atoms with Gasteiger partial charge in [0.2, 0.25) is 0 Å². The fourth-order valence-corrected chi connectivity index (χ4v) is 4.51. The lowest BCUT2D eigenvalue weighted by atomic mass is 9.90. The Morgan fingerprint density at radius 1 is 0.872 bits per heavy atom. The molecule has 39 heavy (non-hydrogen) atoms. The first-order chi connectivity index (χ1) is 18.1. The van der Waals surface area contributed by atoms with Crippen LogP contribution in [0.15, 0.2) is 58.7 Å². The average Bonchev–Trinajstić information content (AvgIpc) is 2.85. The standard InChI is InChI=1S/C29H33F6N3O/c1-7-9-18(6)25(37-26-22(16(2)3)10-8-11-23(26)17(4)5)24-15-39-38-27(36-24)19-12-20(28(30,31)32)14-21(13-19)29(33,34)35/h7-14,16-18,25,37H,15H2,1-6H3/b9-7-. The summed E-state index contributed by atoms with van der Waals surface area (Å²) >= 11 is 0. The van der Waals surface area contributed by atoms with Crippen molar-refractivity contribution in [3.63, 3.8) is 0 Å². The molecule has 1 aliphatic heterocycles. The lowest BCUT2D eigenvalue weighted by Crippen LogP contribution is -2.40. The summed E-state index contributed by atoms with van der Waals surface area (Å²) in [4.78, 5) is 9.79. The van der Waals surface area contributed by atoms with Crippen molar-refractivity contribution in [3.8, 4) is 0 Å². The zero-order valence-corrected chi connectivity index (χ0v) is 22.7. The molecule has 0 fully saturated rings. The predicted molar refractivity (Wildman–Crippen MR) is 142 cm³/mol. The number of oxime groups is 1. The van der Waals surface area contributed by atoms with Crippen LogP contribution in [0.4, 0.5) is 32.0 Å². The van der Waals surface area contributed by atoms with Crippen LogP contribution >= 0.6 is 0 Å². The van der Waals surface area contributed by atoms with E-state index in [1.54, 1.807) is 0 Å². The van der Waals surface area contributed by atoms with Crippen LogP contribution in [-0.4, -0.2) is 24.2 Å². The van der Waals surface area contributed by atoms with Gasteiger partial charge in [0.05, 0.1) is 22.9 Å². The molecule has 4 nitrogen and oxygen atoms in total. The van der Waals surface area contributed by atoms with Gasteiger partial charge in [-0.3, -0.25) is 0 Å². The van der Waals surface area contributed by atoms with Crippen molar-refractivity contribution in [2.24, 2.45) is 16.1 Å². The van der Waals surface area contributed by atoms with E-state index < -0.39 is 35.1 Å². The fourth-order valence-electron chi connectivity index (χ4n) is 4.51. The highest BCUT2D eigenvalue weighted by Crippen LogP contribution is 2.37. The molecule has 10 heteroatoms. The molecule has 3 rings (SSSR count). The van der Waals surface area contributed by atoms with Crippen LogP contribution in [0.1, 0.15) is 81.2 Å². The van der Waals surface area contributed by atoms with Crippen molar-refractivity contribution in [1.29, 1.82) is 0 Å². The van der Waals surface area contributed by atoms with Crippen molar-refractivity contribution in [3.05, 3.63) is 76.4 Å². The molecule has 0 radical (unpaired) electrons. The van der Waals surface area contributed by atoms with Crippen molar-refractivity contribution in [1.82, 2.24) is 0 Å². The molecule has 0 amide bonds. The fraction of sp³-hybridized carbons (Fsp3) is 0.448. The van der Waals surface area contributed by atoms with E-state index in [0.29, 0.717) is 17.8 Å². The molecule has 1 aliphatic rings. The highest BCUT2D eigenvalue weighted by molar-refractivity contribution is 6.10. The number of amidine groups is 1. The summed E-state index contributed by atoms with van der Waals surface area (Å²) in [6.45, 7) is 12.0. The number of nitrogens with zero attached hydrogens (tertiary/aromatic N) is 2. The third-order valence-electron chi connectivity index (χ3n) is 6.51. The van der Waals surface area contributed by atoms with Gasteiger partial charge in [-0.1, -0.05) is 70.1 Å². The van der Waals surface area contributed by atoms with Crippen LogP contribution in [0.3, 0.4) is 0 Å². The largest absolute Gasteiger partial charge is 0.416 e. The molecular weight excluding hydrogens is 520 g/mol. The van der Waals surface area contributed by atoms with E-state index in [1.165, 1.54) is 0 Å². The smallest absolute Gasteiger partial charge is 0.388 e.